The van der Waals surface area contributed by atoms with Gasteiger partial charge in [-0.1, -0.05) is 0 Å². The molecule has 3 heterocycles. The number of aromatic nitrogens is 2. The summed E-state index contributed by atoms with van der Waals surface area (Å²) in [6.45, 7) is 3.75. The minimum Gasteiger partial charge on any atom is -0.382 e. The Morgan fingerprint density at radius 3 is 2.27 bits per heavy atom. The van der Waals surface area contributed by atoms with E-state index in [0.717, 1.165) is 0 Å². The molecule has 1 aromatic rings. The highest BCUT2D eigenvalue weighted by atomic mass is 32.2. The fourth-order valence-corrected chi connectivity index (χ4v) is 4.17. The Kier molecular flexibility index (Phi) is 4.43. The molecule has 122 valence electrons. The third-order valence-electron chi connectivity index (χ3n) is 3.83. The van der Waals surface area contributed by atoms with Crippen molar-refractivity contribution in [1.29, 1.82) is 0 Å². The van der Waals surface area contributed by atoms with Gasteiger partial charge in [0.15, 0.2) is 0 Å². The van der Waals surface area contributed by atoms with Gasteiger partial charge in [0, 0.05) is 39.3 Å². The number of hydrogen-bond acceptors (Lipinski definition) is 7. The third kappa shape index (κ3) is 3.14. The van der Waals surface area contributed by atoms with Crippen molar-refractivity contribution in [1.82, 2.24) is 18.6 Å². The number of nitrogens with two attached hydrogens (primary N) is 1. The van der Waals surface area contributed by atoms with Gasteiger partial charge in [-0.05, 0) is 0 Å². The predicted octanol–water partition coefficient (Wildman–Crippen LogP) is -1.24. The quantitative estimate of drug-likeness (QED) is 0.740. The molecule has 0 bridgehead atoms. The number of hydrogen-bond donors (Lipinski definition) is 1. The lowest BCUT2D eigenvalue weighted by atomic mass is 10.3. The Morgan fingerprint density at radius 1 is 1.00 bits per heavy atom. The van der Waals surface area contributed by atoms with E-state index in [9.17, 15) is 8.42 Å². The maximum absolute atomic E-state index is 12.6. The number of nitrogen functional groups attached to an aromatic ring is 1. The van der Waals surface area contributed by atoms with Crippen LogP contribution in [0.1, 0.15) is 0 Å². The van der Waals surface area contributed by atoms with Crippen LogP contribution >= 0.6 is 0 Å². The molecule has 2 aliphatic rings. The number of morpholine rings is 1. The molecule has 2 saturated heterocycles. The smallest absolute Gasteiger partial charge is 0.282 e. The summed E-state index contributed by atoms with van der Waals surface area (Å²) in [5.74, 6) is 1.05. The minimum absolute atomic E-state index is 0.362. The number of ether oxygens (including phenoxy) is 1. The van der Waals surface area contributed by atoms with Gasteiger partial charge in [-0.25, -0.2) is 4.98 Å². The van der Waals surface area contributed by atoms with Gasteiger partial charge < -0.3 is 15.4 Å². The van der Waals surface area contributed by atoms with Gasteiger partial charge >= 0.3 is 0 Å². The number of rotatable bonds is 3. The summed E-state index contributed by atoms with van der Waals surface area (Å²) in [4.78, 5) is 10.2. The van der Waals surface area contributed by atoms with Crippen molar-refractivity contribution in [3.05, 3.63) is 12.4 Å². The molecule has 0 aliphatic carbocycles. The second-order valence-corrected chi connectivity index (χ2v) is 7.14. The van der Waals surface area contributed by atoms with Crippen molar-refractivity contribution >= 4 is 21.8 Å². The van der Waals surface area contributed by atoms with Crippen molar-refractivity contribution in [2.45, 2.75) is 0 Å². The molecule has 3 rings (SSSR count). The van der Waals surface area contributed by atoms with Crippen molar-refractivity contribution in [3.63, 3.8) is 0 Å². The fraction of sp³-hybridized carbons (Fsp3) is 0.667. The molecule has 0 spiro atoms. The summed E-state index contributed by atoms with van der Waals surface area (Å²) in [6, 6.07) is 0. The van der Waals surface area contributed by atoms with Gasteiger partial charge in [-0.2, -0.15) is 17.0 Å². The Hall–Kier alpha value is -1.49. The highest BCUT2D eigenvalue weighted by molar-refractivity contribution is 7.86. The van der Waals surface area contributed by atoms with Crippen LogP contribution in [-0.2, 0) is 14.9 Å². The second kappa shape index (κ2) is 6.32. The largest absolute Gasteiger partial charge is 0.382 e. The molecular weight excluding hydrogens is 308 g/mol. The predicted molar refractivity (Wildman–Crippen MR) is 81.5 cm³/mol. The first-order valence-electron chi connectivity index (χ1n) is 7.23. The number of piperazine rings is 1. The van der Waals surface area contributed by atoms with Gasteiger partial charge in [-0.15, -0.1) is 0 Å². The molecule has 10 heteroatoms. The van der Waals surface area contributed by atoms with Crippen LogP contribution in [-0.4, -0.2) is 79.5 Å². The third-order valence-corrected chi connectivity index (χ3v) is 5.86. The standard InChI is InChI=1S/C12H20N6O3S/c13-11-9-14-10-12(15-11)16-1-3-17(4-2-16)22(19,20)18-5-7-21-8-6-18/h9-10H,1-8H2,(H2,13,15). The van der Waals surface area contributed by atoms with Crippen LogP contribution in [0.5, 0.6) is 0 Å². The molecular formula is C12H20N6O3S. The van der Waals surface area contributed by atoms with Crippen LogP contribution in [0.3, 0.4) is 0 Å². The molecule has 1 aromatic heterocycles. The highest BCUT2D eigenvalue weighted by Gasteiger charge is 2.33. The molecule has 0 aromatic carbocycles. The summed E-state index contributed by atoms with van der Waals surface area (Å²) in [5, 5.41) is 0. The monoisotopic (exact) mass is 328 g/mol. The number of nitrogens with zero attached hydrogens (tertiary/aromatic N) is 5. The van der Waals surface area contributed by atoms with Crippen molar-refractivity contribution < 1.29 is 13.2 Å². The van der Waals surface area contributed by atoms with Gasteiger partial charge in [0.25, 0.3) is 10.2 Å². The summed E-state index contributed by atoms with van der Waals surface area (Å²) in [6.07, 6.45) is 3.13. The van der Waals surface area contributed by atoms with E-state index in [-0.39, 0.29) is 0 Å². The van der Waals surface area contributed by atoms with E-state index in [0.29, 0.717) is 64.1 Å². The minimum atomic E-state index is -3.40. The van der Waals surface area contributed by atoms with Crippen molar-refractivity contribution in [3.8, 4) is 0 Å². The lowest BCUT2D eigenvalue weighted by Gasteiger charge is -2.37. The Balaban J connectivity index is 1.63. The summed E-state index contributed by atoms with van der Waals surface area (Å²) in [5.41, 5.74) is 5.63. The topological polar surface area (TPSA) is 105 Å². The van der Waals surface area contributed by atoms with E-state index in [4.69, 9.17) is 10.5 Å². The van der Waals surface area contributed by atoms with Gasteiger partial charge in [0.2, 0.25) is 0 Å². The zero-order valence-corrected chi connectivity index (χ0v) is 13.1. The Bertz CT molecular complexity index is 611. The average molecular weight is 328 g/mol. The highest BCUT2D eigenvalue weighted by Crippen LogP contribution is 2.17. The molecule has 0 saturated carbocycles. The molecule has 0 radical (unpaired) electrons. The Morgan fingerprint density at radius 2 is 1.64 bits per heavy atom. The van der Waals surface area contributed by atoms with Crippen LogP contribution in [0, 0.1) is 0 Å². The summed E-state index contributed by atoms with van der Waals surface area (Å²) < 4.78 is 33.4. The summed E-state index contributed by atoms with van der Waals surface area (Å²) >= 11 is 0. The zero-order chi connectivity index (χ0) is 15.6. The van der Waals surface area contributed by atoms with Crippen LogP contribution < -0.4 is 10.6 Å². The maximum atomic E-state index is 12.6. The lowest BCUT2D eigenvalue weighted by Crippen LogP contribution is -2.55. The molecule has 0 unspecified atom stereocenters. The van der Waals surface area contributed by atoms with E-state index in [1.807, 2.05) is 4.90 Å². The first kappa shape index (κ1) is 15.4. The fourth-order valence-electron chi connectivity index (χ4n) is 2.61. The summed E-state index contributed by atoms with van der Waals surface area (Å²) in [7, 11) is -3.40. The Labute approximate surface area is 129 Å². The van der Waals surface area contributed by atoms with E-state index < -0.39 is 10.2 Å². The molecule has 2 aliphatic heterocycles. The molecule has 2 N–H and O–H groups in total. The van der Waals surface area contributed by atoms with Crippen LogP contribution in [0.25, 0.3) is 0 Å². The van der Waals surface area contributed by atoms with E-state index in [2.05, 4.69) is 9.97 Å². The molecule has 9 nitrogen and oxygen atoms in total. The van der Waals surface area contributed by atoms with Gasteiger partial charge in [-0.3, -0.25) is 4.98 Å². The second-order valence-electron chi connectivity index (χ2n) is 5.21. The maximum Gasteiger partial charge on any atom is 0.282 e. The van der Waals surface area contributed by atoms with Crippen molar-refractivity contribution in [2.75, 3.05) is 63.1 Å². The van der Waals surface area contributed by atoms with E-state index in [1.54, 1.807) is 6.20 Å². The average Bonchev–Trinajstić information content (AvgIpc) is 2.56. The van der Waals surface area contributed by atoms with Crippen molar-refractivity contribution in [2.24, 2.45) is 0 Å². The number of anilines is 2. The molecule has 0 atom stereocenters. The molecule has 0 amide bonds. The van der Waals surface area contributed by atoms with E-state index >= 15 is 0 Å². The lowest BCUT2D eigenvalue weighted by molar-refractivity contribution is 0.0700. The SMILES string of the molecule is Nc1cncc(N2CCN(S(=O)(=O)N3CCOCC3)CC2)n1. The first-order valence-corrected chi connectivity index (χ1v) is 8.62. The molecule has 22 heavy (non-hydrogen) atoms. The van der Waals surface area contributed by atoms with Crippen LogP contribution in [0.15, 0.2) is 12.4 Å². The zero-order valence-electron chi connectivity index (χ0n) is 12.3. The van der Waals surface area contributed by atoms with Crippen LogP contribution in [0.2, 0.25) is 0 Å². The van der Waals surface area contributed by atoms with Crippen LogP contribution in [0.4, 0.5) is 11.6 Å². The van der Waals surface area contributed by atoms with Gasteiger partial charge in [0.1, 0.15) is 11.6 Å². The normalized spacial score (nSPS) is 21.9. The van der Waals surface area contributed by atoms with E-state index in [1.165, 1.54) is 14.8 Å². The molecule has 2 fully saturated rings. The van der Waals surface area contributed by atoms with Gasteiger partial charge in [0.05, 0.1) is 25.6 Å². The first-order chi connectivity index (χ1) is 10.6.